The number of halogens is 2. The summed E-state index contributed by atoms with van der Waals surface area (Å²) < 4.78 is 25.3. The number of anilines is 1. The number of likely N-dealkylation sites (N-methyl/N-ethyl adjacent to an activating group) is 1. The molecule has 0 aliphatic rings. The zero-order valence-electron chi connectivity index (χ0n) is 8.11. The highest BCUT2D eigenvalue weighted by Gasteiger charge is 2.00. The van der Waals surface area contributed by atoms with Crippen LogP contribution in [0.1, 0.15) is 6.92 Å². The van der Waals surface area contributed by atoms with Gasteiger partial charge in [0.05, 0.1) is 0 Å². The topological polar surface area (TPSA) is 24.1 Å². The normalized spacial score (nSPS) is 10.2. The van der Waals surface area contributed by atoms with Gasteiger partial charge in [-0.3, -0.25) is 0 Å². The molecule has 0 radical (unpaired) electrons. The van der Waals surface area contributed by atoms with Crippen molar-refractivity contribution in [3.05, 3.63) is 29.8 Å². The molecule has 2 N–H and O–H groups in total. The summed E-state index contributed by atoms with van der Waals surface area (Å²) in [4.78, 5) is 0. The van der Waals surface area contributed by atoms with E-state index in [1.165, 1.54) is 6.07 Å². The van der Waals surface area contributed by atoms with E-state index in [0.29, 0.717) is 12.2 Å². The summed E-state index contributed by atoms with van der Waals surface area (Å²) in [7, 11) is 0. The molecule has 78 valence electrons. The van der Waals surface area contributed by atoms with Crippen LogP contribution in [0.5, 0.6) is 0 Å². The minimum absolute atomic E-state index is 0.599. The van der Waals surface area contributed by atoms with Crippen LogP contribution < -0.4 is 10.6 Å². The molecule has 0 bridgehead atoms. The Morgan fingerprint density at radius 1 is 1.14 bits per heavy atom. The van der Waals surface area contributed by atoms with Crippen molar-refractivity contribution in [3.8, 4) is 0 Å². The summed E-state index contributed by atoms with van der Waals surface area (Å²) in [5, 5.41) is 6.09. The average molecular weight is 200 g/mol. The SMILES string of the molecule is CCNCCNc1ccc(F)c(F)c1. The Bertz CT molecular complexity index is 289. The highest BCUT2D eigenvalue weighted by atomic mass is 19.2. The van der Waals surface area contributed by atoms with Crippen LogP contribution in [-0.2, 0) is 0 Å². The second-order valence-corrected chi connectivity index (χ2v) is 2.91. The summed E-state index contributed by atoms with van der Waals surface area (Å²) in [5.41, 5.74) is 0.599. The van der Waals surface area contributed by atoms with Crippen molar-refractivity contribution < 1.29 is 8.78 Å². The third-order valence-corrected chi connectivity index (χ3v) is 1.80. The number of nitrogens with one attached hydrogen (secondary N) is 2. The van der Waals surface area contributed by atoms with E-state index in [2.05, 4.69) is 10.6 Å². The van der Waals surface area contributed by atoms with Crippen molar-refractivity contribution in [1.29, 1.82) is 0 Å². The third kappa shape index (κ3) is 3.30. The first-order chi connectivity index (χ1) is 6.74. The molecular formula is C10H14F2N2. The molecule has 14 heavy (non-hydrogen) atoms. The molecular weight excluding hydrogens is 186 g/mol. The molecule has 0 aliphatic carbocycles. The van der Waals surface area contributed by atoms with Gasteiger partial charge in [-0.2, -0.15) is 0 Å². The van der Waals surface area contributed by atoms with Gasteiger partial charge >= 0.3 is 0 Å². The van der Waals surface area contributed by atoms with Gasteiger partial charge in [0, 0.05) is 18.8 Å². The van der Waals surface area contributed by atoms with Gasteiger partial charge in [0.15, 0.2) is 11.6 Å². The second kappa shape index (κ2) is 5.54. The Hall–Kier alpha value is -1.16. The molecule has 0 heterocycles. The number of benzene rings is 1. The highest BCUT2D eigenvalue weighted by Crippen LogP contribution is 2.12. The van der Waals surface area contributed by atoms with Crippen molar-refractivity contribution in [1.82, 2.24) is 5.32 Å². The lowest BCUT2D eigenvalue weighted by Crippen LogP contribution is -2.21. The Labute approximate surface area is 82.3 Å². The number of rotatable bonds is 5. The molecule has 4 heteroatoms. The predicted octanol–water partition coefficient (Wildman–Crippen LogP) is 1.99. The molecule has 1 aromatic carbocycles. The summed E-state index contributed by atoms with van der Waals surface area (Å²) in [6, 6.07) is 3.79. The fourth-order valence-corrected chi connectivity index (χ4v) is 1.08. The van der Waals surface area contributed by atoms with Crippen molar-refractivity contribution in [2.24, 2.45) is 0 Å². The summed E-state index contributed by atoms with van der Waals surface area (Å²) in [6.07, 6.45) is 0. The molecule has 0 amide bonds. The van der Waals surface area contributed by atoms with Crippen LogP contribution in [0.4, 0.5) is 14.5 Å². The van der Waals surface area contributed by atoms with E-state index in [4.69, 9.17) is 0 Å². The van der Waals surface area contributed by atoms with E-state index in [9.17, 15) is 8.78 Å². The van der Waals surface area contributed by atoms with Gasteiger partial charge in [-0.1, -0.05) is 6.92 Å². The lowest BCUT2D eigenvalue weighted by molar-refractivity contribution is 0.509. The zero-order chi connectivity index (χ0) is 10.4. The van der Waals surface area contributed by atoms with Gasteiger partial charge in [-0.25, -0.2) is 8.78 Å². The minimum atomic E-state index is -0.821. The Balaban J connectivity index is 2.39. The average Bonchev–Trinajstić information content (AvgIpc) is 2.18. The smallest absolute Gasteiger partial charge is 0.160 e. The maximum absolute atomic E-state index is 12.7. The van der Waals surface area contributed by atoms with Crippen LogP contribution in [0.15, 0.2) is 18.2 Å². The third-order valence-electron chi connectivity index (χ3n) is 1.80. The Morgan fingerprint density at radius 3 is 2.57 bits per heavy atom. The van der Waals surface area contributed by atoms with E-state index >= 15 is 0 Å². The molecule has 1 rings (SSSR count). The van der Waals surface area contributed by atoms with Gasteiger partial charge in [0.2, 0.25) is 0 Å². The minimum Gasteiger partial charge on any atom is -0.384 e. The van der Waals surface area contributed by atoms with Crippen LogP contribution in [0.25, 0.3) is 0 Å². The predicted molar refractivity (Wildman–Crippen MR) is 53.4 cm³/mol. The van der Waals surface area contributed by atoms with E-state index in [-0.39, 0.29) is 0 Å². The molecule has 0 aromatic heterocycles. The molecule has 0 spiro atoms. The van der Waals surface area contributed by atoms with Gasteiger partial charge < -0.3 is 10.6 Å². The van der Waals surface area contributed by atoms with Gasteiger partial charge in [0.25, 0.3) is 0 Å². The second-order valence-electron chi connectivity index (χ2n) is 2.91. The van der Waals surface area contributed by atoms with E-state index in [0.717, 1.165) is 25.2 Å². The van der Waals surface area contributed by atoms with Crippen molar-refractivity contribution in [3.63, 3.8) is 0 Å². The molecule has 0 fully saturated rings. The van der Waals surface area contributed by atoms with Crippen molar-refractivity contribution >= 4 is 5.69 Å². The summed E-state index contributed by atoms with van der Waals surface area (Å²) in [6.45, 7) is 4.41. The maximum atomic E-state index is 12.7. The van der Waals surface area contributed by atoms with Gasteiger partial charge in [-0.05, 0) is 24.7 Å². The molecule has 1 aromatic rings. The standard InChI is InChI=1S/C10H14F2N2/c1-2-13-5-6-14-8-3-4-9(11)10(12)7-8/h3-4,7,13-14H,2,5-6H2,1H3. The fourth-order valence-electron chi connectivity index (χ4n) is 1.08. The largest absolute Gasteiger partial charge is 0.384 e. The zero-order valence-corrected chi connectivity index (χ0v) is 8.11. The highest BCUT2D eigenvalue weighted by molar-refractivity contribution is 5.43. The van der Waals surface area contributed by atoms with Crippen LogP contribution >= 0.6 is 0 Å². The molecule has 0 atom stereocenters. The molecule has 0 saturated heterocycles. The first-order valence-corrected chi connectivity index (χ1v) is 4.63. The van der Waals surface area contributed by atoms with Gasteiger partial charge in [0.1, 0.15) is 0 Å². The summed E-state index contributed by atoms with van der Waals surface area (Å²) >= 11 is 0. The van der Waals surface area contributed by atoms with Crippen molar-refractivity contribution in [2.45, 2.75) is 6.92 Å². The van der Waals surface area contributed by atoms with Crippen LogP contribution in [0.2, 0.25) is 0 Å². The molecule has 0 unspecified atom stereocenters. The molecule has 2 nitrogen and oxygen atoms in total. The molecule has 0 saturated carbocycles. The Kier molecular flexibility index (Phi) is 4.32. The first kappa shape index (κ1) is 10.9. The number of hydrogen-bond acceptors (Lipinski definition) is 2. The number of hydrogen-bond donors (Lipinski definition) is 2. The van der Waals surface area contributed by atoms with Crippen LogP contribution in [0, 0.1) is 11.6 Å². The van der Waals surface area contributed by atoms with E-state index in [1.54, 1.807) is 0 Å². The monoisotopic (exact) mass is 200 g/mol. The van der Waals surface area contributed by atoms with Crippen LogP contribution in [-0.4, -0.2) is 19.6 Å². The van der Waals surface area contributed by atoms with Gasteiger partial charge in [-0.15, -0.1) is 0 Å². The Morgan fingerprint density at radius 2 is 1.93 bits per heavy atom. The maximum Gasteiger partial charge on any atom is 0.160 e. The van der Waals surface area contributed by atoms with Crippen LogP contribution in [0.3, 0.4) is 0 Å². The first-order valence-electron chi connectivity index (χ1n) is 4.63. The summed E-state index contributed by atoms with van der Waals surface area (Å²) in [5.74, 6) is -1.64. The van der Waals surface area contributed by atoms with E-state index in [1.807, 2.05) is 6.92 Å². The quantitative estimate of drug-likeness (QED) is 0.710. The molecule has 0 aliphatic heterocycles. The lowest BCUT2D eigenvalue weighted by atomic mass is 10.3. The lowest BCUT2D eigenvalue weighted by Gasteiger charge is -2.06. The van der Waals surface area contributed by atoms with E-state index < -0.39 is 11.6 Å². The van der Waals surface area contributed by atoms with Crippen molar-refractivity contribution in [2.75, 3.05) is 25.0 Å². The fraction of sp³-hybridized carbons (Fsp3) is 0.400.